The Morgan fingerprint density at radius 3 is 2.81 bits per heavy atom. The van der Waals surface area contributed by atoms with E-state index in [0.717, 1.165) is 21.7 Å². The highest BCUT2D eigenvalue weighted by Crippen LogP contribution is 2.31. The molecular weight excluding hydrogens is 374 g/mol. The van der Waals surface area contributed by atoms with E-state index in [4.69, 9.17) is 4.74 Å². The van der Waals surface area contributed by atoms with Crippen molar-refractivity contribution in [1.82, 2.24) is 9.29 Å². The minimum absolute atomic E-state index is 0.257. The molecule has 1 N–H and O–H groups in total. The van der Waals surface area contributed by atoms with Crippen LogP contribution in [0.5, 0.6) is 0 Å². The molecule has 0 radical (unpaired) electrons. The number of carbonyl (C=O) groups is 1. The standard InChI is InChI=1S/C17H21N3O4S2/c1-4-24-17(21)19-16-18-14-7-8-20(10-15(14)25-16)26(22,23)13-6-5-11(2)12(3)9-13/h5-6,9H,4,7-8,10H2,1-3H3,(H,18,19,21). The quantitative estimate of drug-likeness (QED) is 0.859. The van der Waals surface area contributed by atoms with Crippen LogP contribution in [-0.4, -0.2) is 37.0 Å². The van der Waals surface area contributed by atoms with Crippen LogP contribution < -0.4 is 5.32 Å². The molecule has 1 aromatic heterocycles. The van der Waals surface area contributed by atoms with Crippen molar-refractivity contribution in [3.63, 3.8) is 0 Å². The first-order chi connectivity index (χ1) is 12.3. The summed E-state index contributed by atoms with van der Waals surface area (Å²) in [6, 6.07) is 5.18. The van der Waals surface area contributed by atoms with Gasteiger partial charge in [0.2, 0.25) is 10.0 Å². The molecule has 0 saturated heterocycles. The molecular formula is C17H21N3O4S2. The number of nitrogens with zero attached hydrogens (tertiary/aromatic N) is 2. The number of benzene rings is 1. The maximum Gasteiger partial charge on any atom is 0.413 e. The first kappa shape index (κ1) is 18.8. The zero-order chi connectivity index (χ0) is 18.9. The molecule has 1 aromatic carbocycles. The lowest BCUT2D eigenvalue weighted by molar-refractivity contribution is 0.168. The Morgan fingerprint density at radius 2 is 2.12 bits per heavy atom. The molecule has 2 heterocycles. The van der Waals surface area contributed by atoms with E-state index in [1.54, 1.807) is 19.1 Å². The lowest BCUT2D eigenvalue weighted by Crippen LogP contribution is -2.35. The summed E-state index contributed by atoms with van der Waals surface area (Å²) in [5.74, 6) is 0. The van der Waals surface area contributed by atoms with Crippen molar-refractivity contribution < 1.29 is 17.9 Å². The van der Waals surface area contributed by atoms with E-state index in [1.165, 1.54) is 15.6 Å². The van der Waals surface area contributed by atoms with Crippen molar-refractivity contribution >= 4 is 32.6 Å². The molecule has 1 aliphatic heterocycles. The average molecular weight is 396 g/mol. The summed E-state index contributed by atoms with van der Waals surface area (Å²) in [5, 5.41) is 3.01. The van der Waals surface area contributed by atoms with Crippen LogP contribution in [0.2, 0.25) is 0 Å². The Hall–Kier alpha value is -1.97. The molecule has 7 nitrogen and oxygen atoms in total. The molecule has 0 aliphatic carbocycles. The van der Waals surface area contributed by atoms with Crippen LogP contribution in [0.4, 0.5) is 9.93 Å². The number of fused-ring (bicyclic) bond motifs is 1. The largest absolute Gasteiger partial charge is 0.450 e. The van der Waals surface area contributed by atoms with E-state index in [0.29, 0.717) is 23.0 Å². The van der Waals surface area contributed by atoms with E-state index >= 15 is 0 Å². The fourth-order valence-corrected chi connectivity index (χ4v) is 5.29. The van der Waals surface area contributed by atoms with Crippen LogP contribution in [0.1, 0.15) is 28.6 Å². The van der Waals surface area contributed by atoms with Gasteiger partial charge in [-0.1, -0.05) is 17.4 Å². The first-order valence-corrected chi connectivity index (χ1v) is 10.6. The van der Waals surface area contributed by atoms with E-state index in [1.807, 2.05) is 19.9 Å². The van der Waals surface area contributed by atoms with Gasteiger partial charge in [0.1, 0.15) is 0 Å². The third-order valence-corrected chi connectivity index (χ3v) is 7.14. The third kappa shape index (κ3) is 3.74. The predicted molar refractivity (Wildman–Crippen MR) is 100.0 cm³/mol. The average Bonchev–Trinajstić information content (AvgIpc) is 2.98. The Kier molecular flexibility index (Phi) is 5.31. The summed E-state index contributed by atoms with van der Waals surface area (Å²) in [6.07, 6.45) is -0.0429. The Balaban J connectivity index is 1.80. The molecule has 0 atom stereocenters. The highest BCUT2D eigenvalue weighted by molar-refractivity contribution is 7.89. The van der Waals surface area contributed by atoms with Gasteiger partial charge in [-0.2, -0.15) is 4.31 Å². The fraction of sp³-hybridized carbons (Fsp3) is 0.412. The number of hydrogen-bond acceptors (Lipinski definition) is 6. The van der Waals surface area contributed by atoms with Gasteiger partial charge in [-0.05, 0) is 44.0 Å². The lowest BCUT2D eigenvalue weighted by atomic mass is 10.1. The maximum absolute atomic E-state index is 13.0. The highest BCUT2D eigenvalue weighted by Gasteiger charge is 2.30. The number of anilines is 1. The molecule has 3 rings (SSSR count). The molecule has 0 saturated carbocycles. The van der Waals surface area contributed by atoms with Crippen molar-refractivity contribution in [2.75, 3.05) is 18.5 Å². The Labute approximate surface area is 157 Å². The van der Waals surface area contributed by atoms with Crippen LogP contribution in [0.25, 0.3) is 0 Å². The van der Waals surface area contributed by atoms with Gasteiger partial charge < -0.3 is 4.74 Å². The Bertz CT molecular complexity index is 937. The number of aryl methyl sites for hydroxylation is 2. The molecule has 2 aromatic rings. The zero-order valence-electron chi connectivity index (χ0n) is 14.9. The molecule has 26 heavy (non-hydrogen) atoms. The second-order valence-electron chi connectivity index (χ2n) is 6.07. The molecule has 140 valence electrons. The van der Waals surface area contributed by atoms with Gasteiger partial charge in [0.05, 0.1) is 23.7 Å². The second-order valence-corrected chi connectivity index (χ2v) is 9.09. The number of carbonyl (C=O) groups excluding carboxylic acids is 1. The van der Waals surface area contributed by atoms with Crippen LogP contribution in [0.3, 0.4) is 0 Å². The van der Waals surface area contributed by atoms with Gasteiger partial charge in [-0.3, -0.25) is 5.32 Å². The summed E-state index contributed by atoms with van der Waals surface area (Å²) < 4.78 is 32.2. The van der Waals surface area contributed by atoms with E-state index in [9.17, 15) is 13.2 Å². The minimum Gasteiger partial charge on any atom is -0.450 e. The zero-order valence-corrected chi connectivity index (χ0v) is 16.5. The summed E-state index contributed by atoms with van der Waals surface area (Å²) >= 11 is 1.28. The number of thiazole rings is 1. The number of rotatable bonds is 4. The number of sulfonamides is 1. The smallest absolute Gasteiger partial charge is 0.413 e. The monoisotopic (exact) mass is 395 g/mol. The molecule has 0 spiro atoms. The van der Waals surface area contributed by atoms with Crippen molar-refractivity contribution in [1.29, 1.82) is 0 Å². The molecule has 1 amide bonds. The van der Waals surface area contributed by atoms with Gasteiger partial charge in [-0.15, -0.1) is 0 Å². The number of hydrogen-bond donors (Lipinski definition) is 1. The van der Waals surface area contributed by atoms with Gasteiger partial charge in [0.25, 0.3) is 0 Å². The number of aromatic nitrogens is 1. The van der Waals surface area contributed by atoms with Crippen LogP contribution in [0, 0.1) is 13.8 Å². The Morgan fingerprint density at radius 1 is 1.35 bits per heavy atom. The van der Waals surface area contributed by atoms with Crippen molar-refractivity contribution in [3.05, 3.63) is 39.9 Å². The summed E-state index contributed by atoms with van der Waals surface area (Å²) in [7, 11) is -3.57. The molecule has 0 unspecified atom stereocenters. The normalized spacial score (nSPS) is 14.7. The van der Waals surface area contributed by atoms with E-state index in [2.05, 4.69) is 10.3 Å². The fourth-order valence-electron chi connectivity index (χ4n) is 2.71. The third-order valence-electron chi connectivity index (χ3n) is 4.30. The van der Waals surface area contributed by atoms with Crippen LogP contribution in [0.15, 0.2) is 23.1 Å². The molecule has 9 heteroatoms. The van der Waals surface area contributed by atoms with Crippen LogP contribution in [-0.2, 0) is 27.7 Å². The van der Waals surface area contributed by atoms with Crippen molar-refractivity contribution in [2.24, 2.45) is 0 Å². The van der Waals surface area contributed by atoms with Crippen molar-refractivity contribution in [3.8, 4) is 0 Å². The summed E-state index contributed by atoms with van der Waals surface area (Å²) in [5.41, 5.74) is 2.83. The van der Waals surface area contributed by atoms with Gasteiger partial charge in [-0.25, -0.2) is 18.2 Å². The topological polar surface area (TPSA) is 88.6 Å². The number of ether oxygens (including phenoxy) is 1. The van der Waals surface area contributed by atoms with Crippen LogP contribution >= 0.6 is 11.3 Å². The highest BCUT2D eigenvalue weighted by atomic mass is 32.2. The number of amides is 1. The second kappa shape index (κ2) is 7.34. The minimum atomic E-state index is -3.57. The van der Waals surface area contributed by atoms with E-state index < -0.39 is 16.1 Å². The SMILES string of the molecule is CCOC(=O)Nc1nc2c(s1)CN(S(=O)(=O)c1ccc(C)c(C)c1)CC2. The molecule has 1 aliphatic rings. The molecule has 0 bridgehead atoms. The number of nitrogens with one attached hydrogen (secondary N) is 1. The van der Waals surface area contributed by atoms with Gasteiger partial charge in [0.15, 0.2) is 5.13 Å². The lowest BCUT2D eigenvalue weighted by Gasteiger charge is -2.25. The van der Waals surface area contributed by atoms with Crippen molar-refractivity contribution in [2.45, 2.75) is 38.6 Å². The van der Waals surface area contributed by atoms with Gasteiger partial charge in [0, 0.05) is 17.8 Å². The predicted octanol–water partition coefficient (Wildman–Crippen LogP) is 3.08. The summed E-state index contributed by atoms with van der Waals surface area (Å²) in [4.78, 5) is 17.0. The maximum atomic E-state index is 13.0. The van der Waals surface area contributed by atoms with Gasteiger partial charge >= 0.3 is 6.09 Å². The first-order valence-electron chi connectivity index (χ1n) is 8.31. The summed E-state index contributed by atoms with van der Waals surface area (Å²) in [6.45, 7) is 6.48. The molecule has 0 fully saturated rings. The van der Waals surface area contributed by atoms with E-state index in [-0.39, 0.29) is 13.2 Å².